The van der Waals surface area contributed by atoms with Gasteiger partial charge in [-0.05, 0) is 19.0 Å². The third-order valence-corrected chi connectivity index (χ3v) is 2.26. The molecule has 0 atom stereocenters. The molecule has 0 saturated carbocycles. The van der Waals surface area contributed by atoms with E-state index in [1.165, 1.54) is 0 Å². The van der Waals surface area contributed by atoms with Crippen molar-refractivity contribution in [2.75, 3.05) is 26.8 Å². The lowest BCUT2D eigenvalue weighted by Crippen LogP contribution is -2.39. The molecule has 0 aromatic rings. The second kappa shape index (κ2) is 4.15. The molecule has 0 spiro atoms. The van der Waals surface area contributed by atoms with Crippen LogP contribution < -0.4 is 0 Å². The Balaban J connectivity index is 2.51. The number of hydrogen-bond acceptors (Lipinski definition) is 2. The minimum atomic E-state index is 0.665. The molecule has 0 aromatic carbocycles. The quantitative estimate of drug-likeness (QED) is 0.612. The first-order valence-corrected chi connectivity index (χ1v) is 4.76. The topological polar surface area (TPSA) is 6.48 Å². The standard InChI is InChI=1S/C9H17ClN2/c1-8(2)6-12-7-11(3)5-4-9(12)10/h4,8H,5-7H2,1-3H3. The fourth-order valence-electron chi connectivity index (χ4n) is 1.36. The zero-order valence-corrected chi connectivity index (χ0v) is 8.80. The van der Waals surface area contributed by atoms with Gasteiger partial charge in [0.1, 0.15) is 5.16 Å². The normalized spacial score (nSPS) is 20.1. The maximum atomic E-state index is 6.05. The smallest absolute Gasteiger partial charge is 0.103 e. The molecule has 70 valence electrons. The van der Waals surface area contributed by atoms with Crippen molar-refractivity contribution in [3.8, 4) is 0 Å². The van der Waals surface area contributed by atoms with E-state index >= 15 is 0 Å². The summed E-state index contributed by atoms with van der Waals surface area (Å²) in [5, 5.41) is 0.904. The van der Waals surface area contributed by atoms with Crippen molar-refractivity contribution >= 4 is 11.6 Å². The van der Waals surface area contributed by atoms with Crippen molar-refractivity contribution in [1.82, 2.24) is 9.80 Å². The van der Waals surface area contributed by atoms with Crippen LogP contribution in [0.15, 0.2) is 11.2 Å². The summed E-state index contributed by atoms with van der Waals surface area (Å²) in [4.78, 5) is 4.45. The molecule has 1 aliphatic rings. The number of halogens is 1. The average Bonchev–Trinajstić information content (AvgIpc) is 1.96. The molecular formula is C9H17ClN2. The minimum absolute atomic E-state index is 0.665. The number of nitrogens with zero attached hydrogens (tertiary/aromatic N) is 2. The van der Waals surface area contributed by atoms with Crippen LogP contribution in [0.5, 0.6) is 0 Å². The molecule has 0 saturated heterocycles. The molecule has 1 rings (SSSR count). The van der Waals surface area contributed by atoms with Crippen LogP contribution in [0.2, 0.25) is 0 Å². The Morgan fingerprint density at radius 1 is 1.58 bits per heavy atom. The highest BCUT2D eigenvalue weighted by Gasteiger charge is 2.15. The van der Waals surface area contributed by atoms with Crippen LogP contribution in [0.4, 0.5) is 0 Å². The molecule has 1 aliphatic heterocycles. The van der Waals surface area contributed by atoms with E-state index in [2.05, 4.69) is 36.8 Å². The SMILES string of the molecule is CC(C)CN1CN(C)CC=C1Cl. The summed E-state index contributed by atoms with van der Waals surface area (Å²) in [5.41, 5.74) is 0. The van der Waals surface area contributed by atoms with Crippen LogP contribution in [0.3, 0.4) is 0 Å². The van der Waals surface area contributed by atoms with E-state index in [0.29, 0.717) is 5.92 Å². The Labute approximate surface area is 79.8 Å². The molecule has 3 heteroatoms. The molecule has 0 N–H and O–H groups in total. The molecule has 0 radical (unpaired) electrons. The van der Waals surface area contributed by atoms with E-state index in [4.69, 9.17) is 11.6 Å². The monoisotopic (exact) mass is 188 g/mol. The van der Waals surface area contributed by atoms with Gasteiger partial charge in [-0.15, -0.1) is 0 Å². The molecule has 0 unspecified atom stereocenters. The summed E-state index contributed by atoms with van der Waals surface area (Å²) in [6.07, 6.45) is 2.06. The fraction of sp³-hybridized carbons (Fsp3) is 0.778. The highest BCUT2D eigenvalue weighted by Crippen LogP contribution is 2.16. The molecule has 0 fully saturated rings. The first-order valence-electron chi connectivity index (χ1n) is 4.38. The van der Waals surface area contributed by atoms with Gasteiger partial charge in [-0.1, -0.05) is 25.4 Å². The lowest BCUT2D eigenvalue weighted by molar-refractivity contribution is 0.180. The largest absolute Gasteiger partial charge is 0.349 e. The lowest BCUT2D eigenvalue weighted by atomic mass is 10.2. The molecule has 0 bridgehead atoms. The van der Waals surface area contributed by atoms with Crippen molar-refractivity contribution in [2.45, 2.75) is 13.8 Å². The second-order valence-corrected chi connectivity index (χ2v) is 4.21. The number of likely N-dealkylation sites (N-methyl/N-ethyl adjacent to an activating group) is 1. The fourth-order valence-corrected chi connectivity index (χ4v) is 1.55. The van der Waals surface area contributed by atoms with Gasteiger partial charge in [-0.2, -0.15) is 0 Å². The van der Waals surface area contributed by atoms with Crippen LogP contribution in [0.1, 0.15) is 13.8 Å². The molecule has 1 heterocycles. The van der Waals surface area contributed by atoms with Crippen molar-refractivity contribution in [3.05, 3.63) is 11.2 Å². The Morgan fingerprint density at radius 2 is 2.25 bits per heavy atom. The van der Waals surface area contributed by atoms with Gasteiger partial charge in [0.25, 0.3) is 0 Å². The Hall–Kier alpha value is -0.210. The zero-order chi connectivity index (χ0) is 9.14. The van der Waals surface area contributed by atoms with E-state index in [1.807, 2.05) is 0 Å². The number of rotatable bonds is 2. The summed E-state index contributed by atoms with van der Waals surface area (Å²) in [6, 6.07) is 0. The van der Waals surface area contributed by atoms with Crippen molar-refractivity contribution < 1.29 is 0 Å². The first kappa shape index (κ1) is 9.87. The summed E-state index contributed by atoms with van der Waals surface area (Å²) >= 11 is 6.05. The molecule has 12 heavy (non-hydrogen) atoms. The molecule has 0 amide bonds. The maximum absolute atomic E-state index is 6.05. The van der Waals surface area contributed by atoms with Gasteiger partial charge in [0.15, 0.2) is 0 Å². The summed E-state index contributed by atoms with van der Waals surface area (Å²) in [6.45, 7) is 7.37. The Morgan fingerprint density at radius 3 is 2.83 bits per heavy atom. The highest BCUT2D eigenvalue weighted by molar-refractivity contribution is 6.29. The molecule has 0 aromatic heterocycles. The summed E-state index contributed by atoms with van der Waals surface area (Å²) < 4.78 is 0. The lowest BCUT2D eigenvalue weighted by Gasteiger charge is -2.33. The van der Waals surface area contributed by atoms with E-state index in [1.54, 1.807) is 0 Å². The van der Waals surface area contributed by atoms with E-state index in [0.717, 1.165) is 24.9 Å². The van der Waals surface area contributed by atoms with E-state index in [9.17, 15) is 0 Å². The van der Waals surface area contributed by atoms with Gasteiger partial charge in [-0.3, -0.25) is 4.90 Å². The third kappa shape index (κ3) is 2.68. The van der Waals surface area contributed by atoms with Gasteiger partial charge in [0, 0.05) is 13.1 Å². The predicted octanol–water partition coefficient (Wildman–Crippen LogP) is 1.93. The molecular weight excluding hydrogens is 172 g/mol. The second-order valence-electron chi connectivity index (χ2n) is 3.82. The Kier molecular flexibility index (Phi) is 3.41. The minimum Gasteiger partial charge on any atom is -0.349 e. The maximum Gasteiger partial charge on any atom is 0.103 e. The van der Waals surface area contributed by atoms with Gasteiger partial charge >= 0.3 is 0 Å². The highest BCUT2D eigenvalue weighted by atomic mass is 35.5. The first-order chi connectivity index (χ1) is 5.59. The van der Waals surface area contributed by atoms with Crippen LogP contribution >= 0.6 is 11.6 Å². The summed E-state index contributed by atoms with van der Waals surface area (Å²) in [5.74, 6) is 0.665. The van der Waals surface area contributed by atoms with Gasteiger partial charge in [-0.25, -0.2) is 0 Å². The van der Waals surface area contributed by atoms with Gasteiger partial charge in [0.05, 0.1) is 6.67 Å². The van der Waals surface area contributed by atoms with E-state index in [-0.39, 0.29) is 0 Å². The van der Waals surface area contributed by atoms with Crippen LogP contribution in [-0.4, -0.2) is 36.6 Å². The van der Waals surface area contributed by atoms with Crippen LogP contribution in [-0.2, 0) is 0 Å². The Bertz CT molecular complexity index is 177. The van der Waals surface area contributed by atoms with E-state index < -0.39 is 0 Å². The van der Waals surface area contributed by atoms with Gasteiger partial charge < -0.3 is 4.90 Å². The van der Waals surface area contributed by atoms with Gasteiger partial charge in [0.2, 0.25) is 0 Å². The average molecular weight is 189 g/mol. The van der Waals surface area contributed by atoms with Crippen LogP contribution in [0, 0.1) is 5.92 Å². The molecule has 0 aliphatic carbocycles. The number of hydrogen-bond donors (Lipinski definition) is 0. The third-order valence-electron chi connectivity index (χ3n) is 1.87. The van der Waals surface area contributed by atoms with Crippen LogP contribution in [0.25, 0.3) is 0 Å². The van der Waals surface area contributed by atoms with Crippen molar-refractivity contribution in [2.24, 2.45) is 5.92 Å². The van der Waals surface area contributed by atoms with Crippen molar-refractivity contribution in [1.29, 1.82) is 0 Å². The van der Waals surface area contributed by atoms with Crippen molar-refractivity contribution in [3.63, 3.8) is 0 Å². The zero-order valence-electron chi connectivity index (χ0n) is 8.05. The molecule has 2 nitrogen and oxygen atoms in total. The predicted molar refractivity (Wildman–Crippen MR) is 53.0 cm³/mol. The summed E-state index contributed by atoms with van der Waals surface area (Å²) in [7, 11) is 2.10.